The molecule has 0 fully saturated rings. The van der Waals surface area contributed by atoms with Crippen molar-refractivity contribution in [1.29, 1.82) is 0 Å². The molecular weight excluding hydrogens is 217 g/mol. The highest BCUT2D eigenvalue weighted by Gasteiger charge is 2.22. The van der Waals surface area contributed by atoms with Crippen LogP contribution in [0.25, 0.3) is 0 Å². The zero-order chi connectivity index (χ0) is 11.6. The Kier molecular flexibility index (Phi) is 3.47. The van der Waals surface area contributed by atoms with Crippen LogP contribution in [0.5, 0.6) is 0 Å². The second kappa shape index (κ2) is 4.29. The molecule has 0 aliphatic heterocycles. The van der Waals surface area contributed by atoms with Crippen LogP contribution >= 0.6 is 11.6 Å². The van der Waals surface area contributed by atoms with Gasteiger partial charge in [-0.05, 0) is 31.5 Å². The Labute approximate surface area is 93.2 Å². The van der Waals surface area contributed by atoms with E-state index in [0.29, 0.717) is 10.6 Å². The van der Waals surface area contributed by atoms with E-state index in [-0.39, 0.29) is 12.2 Å². The Balaban J connectivity index is 2.87. The van der Waals surface area contributed by atoms with E-state index < -0.39 is 11.4 Å². The molecule has 0 spiro atoms. The fourth-order valence-electron chi connectivity index (χ4n) is 1.07. The highest BCUT2D eigenvalue weighted by Crippen LogP contribution is 2.16. The SMILES string of the molecule is CC(C)(N)C(=O)Cc1ccc(Cl)cc1F. The normalized spacial score (nSPS) is 11.5. The molecule has 82 valence electrons. The van der Waals surface area contributed by atoms with Crippen LogP contribution in [0.1, 0.15) is 19.4 Å². The van der Waals surface area contributed by atoms with Crippen LogP contribution in [0, 0.1) is 5.82 Å². The molecule has 4 heteroatoms. The van der Waals surface area contributed by atoms with E-state index in [1.165, 1.54) is 12.1 Å². The molecule has 2 nitrogen and oxygen atoms in total. The van der Waals surface area contributed by atoms with Crippen LogP contribution < -0.4 is 5.73 Å². The average molecular weight is 230 g/mol. The van der Waals surface area contributed by atoms with Crippen molar-refractivity contribution >= 4 is 17.4 Å². The Hall–Kier alpha value is -0.930. The van der Waals surface area contributed by atoms with Crippen LogP contribution in [0.2, 0.25) is 5.02 Å². The second-order valence-corrected chi connectivity index (χ2v) is 4.49. The summed E-state index contributed by atoms with van der Waals surface area (Å²) in [6.07, 6.45) is -0.00744. The van der Waals surface area contributed by atoms with Gasteiger partial charge >= 0.3 is 0 Å². The average Bonchev–Trinajstić information content (AvgIpc) is 2.08. The molecule has 0 amide bonds. The molecule has 1 rings (SSSR count). The molecule has 0 bridgehead atoms. The molecule has 0 aliphatic rings. The second-order valence-electron chi connectivity index (χ2n) is 4.06. The number of carbonyl (C=O) groups is 1. The van der Waals surface area contributed by atoms with Gasteiger partial charge in [0.15, 0.2) is 5.78 Å². The summed E-state index contributed by atoms with van der Waals surface area (Å²) in [7, 11) is 0. The third-order valence-corrected chi connectivity index (χ3v) is 2.32. The fraction of sp³-hybridized carbons (Fsp3) is 0.364. The van der Waals surface area contributed by atoms with Gasteiger partial charge in [-0.3, -0.25) is 4.79 Å². The van der Waals surface area contributed by atoms with Crippen molar-refractivity contribution in [3.05, 3.63) is 34.6 Å². The van der Waals surface area contributed by atoms with E-state index in [1.807, 2.05) is 0 Å². The number of halogens is 2. The predicted octanol–water partition coefficient (Wildman–Crippen LogP) is 2.33. The molecule has 0 heterocycles. The summed E-state index contributed by atoms with van der Waals surface area (Å²) in [5.41, 5.74) is 4.99. The van der Waals surface area contributed by atoms with Crippen LogP contribution in [-0.2, 0) is 11.2 Å². The van der Waals surface area contributed by atoms with E-state index in [1.54, 1.807) is 19.9 Å². The van der Waals surface area contributed by atoms with E-state index >= 15 is 0 Å². The lowest BCUT2D eigenvalue weighted by Gasteiger charge is -2.16. The van der Waals surface area contributed by atoms with Gasteiger partial charge in [0, 0.05) is 11.4 Å². The zero-order valence-electron chi connectivity index (χ0n) is 8.68. The first-order valence-corrected chi connectivity index (χ1v) is 4.94. The highest BCUT2D eigenvalue weighted by atomic mass is 35.5. The van der Waals surface area contributed by atoms with Gasteiger partial charge in [0.05, 0.1) is 5.54 Å². The molecule has 0 unspecified atom stereocenters. The monoisotopic (exact) mass is 229 g/mol. The van der Waals surface area contributed by atoms with Crippen molar-refractivity contribution in [1.82, 2.24) is 0 Å². The topological polar surface area (TPSA) is 43.1 Å². The van der Waals surface area contributed by atoms with Gasteiger partial charge in [-0.15, -0.1) is 0 Å². The van der Waals surface area contributed by atoms with Crippen molar-refractivity contribution in [3.8, 4) is 0 Å². The minimum Gasteiger partial charge on any atom is -0.319 e. The smallest absolute Gasteiger partial charge is 0.156 e. The Morgan fingerprint density at radius 1 is 1.53 bits per heavy atom. The lowest BCUT2D eigenvalue weighted by molar-refractivity contribution is -0.122. The summed E-state index contributed by atoms with van der Waals surface area (Å²) in [5.74, 6) is -0.677. The van der Waals surface area contributed by atoms with E-state index in [4.69, 9.17) is 17.3 Å². The molecule has 0 aromatic heterocycles. The van der Waals surface area contributed by atoms with Crippen molar-refractivity contribution in [2.75, 3.05) is 0 Å². The largest absolute Gasteiger partial charge is 0.319 e. The lowest BCUT2D eigenvalue weighted by atomic mass is 9.95. The van der Waals surface area contributed by atoms with Crippen molar-refractivity contribution in [2.24, 2.45) is 5.73 Å². The first kappa shape index (κ1) is 12.1. The number of rotatable bonds is 3. The fourth-order valence-corrected chi connectivity index (χ4v) is 1.22. The van der Waals surface area contributed by atoms with Gasteiger partial charge in [0.1, 0.15) is 5.82 Å². The summed E-state index contributed by atoms with van der Waals surface area (Å²) in [6.45, 7) is 3.20. The number of hydrogen-bond acceptors (Lipinski definition) is 2. The molecule has 1 aromatic carbocycles. The van der Waals surface area contributed by atoms with Crippen molar-refractivity contribution < 1.29 is 9.18 Å². The van der Waals surface area contributed by atoms with Gasteiger partial charge in [-0.2, -0.15) is 0 Å². The number of ketones is 1. The summed E-state index contributed by atoms with van der Waals surface area (Å²) in [5, 5.41) is 0.315. The number of hydrogen-bond donors (Lipinski definition) is 1. The minimum atomic E-state index is -0.938. The molecule has 2 N–H and O–H groups in total. The van der Waals surface area contributed by atoms with Gasteiger partial charge in [0.25, 0.3) is 0 Å². The molecule has 0 atom stereocenters. The summed E-state index contributed by atoms with van der Waals surface area (Å²) in [4.78, 5) is 11.5. The first-order chi connectivity index (χ1) is 6.80. The van der Waals surface area contributed by atoms with E-state index in [0.717, 1.165) is 0 Å². The Morgan fingerprint density at radius 2 is 2.13 bits per heavy atom. The van der Waals surface area contributed by atoms with Gasteiger partial charge in [0.2, 0.25) is 0 Å². The third-order valence-electron chi connectivity index (χ3n) is 2.08. The highest BCUT2D eigenvalue weighted by molar-refractivity contribution is 6.30. The molecule has 0 aliphatic carbocycles. The van der Waals surface area contributed by atoms with Crippen LogP contribution in [0.15, 0.2) is 18.2 Å². The predicted molar refractivity (Wildman–Crippen MR) is 58.4 cm³/mol. The molecule has 0 saturated carbocycles. The van der Waals surface area contributed by atoms with Crippen molar-refractivity contribution in [2.45, 2.75) is 25.8 Å². The molecule has 0 radical (unpaired) electrons. The lowest BCUT2D eigenvalue weighted by Crippen LogP contribution is -2.42. The molecule has 0 saturated heterocycles. The van der Waals surface area contributed by atoms with Crippen molar-refractivity contribution in [3.63, 3.8) is 0 Å². The standard InChI is InChI=1S/C11H13ClFNO/c1-11(2,14)10(15)5-7-3-4-8(12)6-9(7)13/h3-4,6H,5,14H2,1-2H3. The van der Waals surface area contributed by atoms with Gasteiger partial charge in [-0.1, -0.05) is 17.7 Å². The van der Waals surface area contributed by atoms with Gasteiger partial charge < -0.3 is 5.73 Å². The van der Waals surface area contributed by atoms with Gasteiger partial charge in [-0.25, -0.2) is 4.39 Å². The molecular formula is C11H13ClFNO. The zero-order valence-corrected chi connectivity index (χ0v) is 9.44. The van der Waals surface area contributed by atoms with E-state index in [2.05, 4.69) is 0 Å². The number of Topliss-reactive ketones (excluding diaryl/α,β-unsaturated/α-hetero) is 1. The minimum absolute atomic E-state index is 0.00744. The Bertz CT molecular complexity index is 385. The van der Waals surface area contributed by atoms with Crippen LogP contribution in [-0.4, -0.2) is 11.3 Å². The number of nitrogens with two attached hydrogens (primary N) is 1. The summed E-state index contributed by atoms with van der Waals surface area (Å²) in [6, 6.07) is 4.24. The van der Waals surface area contributed by atoms with E-state index in [9.17, 15) is 9.18 Å². The van der Waals surface area contributed by atoms with Crippen LogP contribution in [0.4, 0.5) is 4.39 Å². The quantitative estimate of drug-likeness (QED) is 0.865. The first-order valence-electron chi connectivity index (χ1n) is 4.57. The Morgan fingerprint density at radius 3 is 2.60 bits per heavy atom. The number of carbonyl (C=O) groups excluding carboxylic acids is 1. The maximum atomic E-state index is 13.3. The maximum absolute atomic E-state index is 13.3. The number of benzene rings is 1. The molecule has 1 aromatic rings. The van der Waals surface area contributed by atoms with Crippen LogP contribution in [0.3, 0.4) is 0 Å². The summed E-state index contributed by atoms with van der Waals surface area (Å²) < 4.78 is 13.3. The third kappa shape index (κ3) is 3.29. The molecule has 15 heavy (non-hydrogen) atoms. The summed E-state index contributed by atoms with van der Waals surface area (Å²) >= 11 is 5.59. The maximum Gasteiger partial charge on any atom is 0.156 e.